The third kappa shape index (κ3) is 5.20. The van der Waals surface area contributed by atoms with Gasteiger partial charge in [-0.2, -0.15) is 0 Å². The molecule has 0 spiro atoms. The molecule has 3 nitrogen and oxygen atoms in total. The molecule has 1 N–H and O–H groups in total. The number of amides is 1. The fourth-order valence-corrected chi connectivity index (χ4v) is 3.66. The van der Waals surface area contributed by atoms with Crippen molar-refractivity contribution >= 4 is 29.3 Å². The number of nitrogens with zero attached hydrogens (tertiary/aromatic N) is 1. The second kappa shape index (κ2) is 7.52. The standard InChI is InChI=1S/C16H22ClNO2S/c1-16(20)8-4-10-18(11-9-16)15(19)7-12-21-14-6-3-2-5-13(14)17/h2-3,5-6,20H,4,7-12H2,1H3. The van der Waals surface area contributed by atoms with Crippen molar-refractivity contribution in [2.75, 3.05) is 18.8 Å². The van der Waals surface area contributed by atoms with E-state index in [0.29, 0.717) is 19.4 Å². The highest BCUT2D eigenvalue weighted by molar-refractivity contribution is 7.99. The average Bonchev–Trinajstić information content (AvgIpc) is 2.62. The maximum absolute atomic E-state index is 12.2. The van der Waals surface area contributed by atoms with Gasteiger partial charge in [-0.15, -0.1) is 11.8 Å². The maximum Gasteiger partial charge on any atom is 0.223 e. The fourth-order valence-electron chi connectivity index (χ4n) is 2.48. The largest absolute Gasteiger partial charge is 0.390 e. The van der Waals surface area contributed by atoms with Crippen molar-refractivity contribution in [3.63, 3.8) is 0 Å². The quantitative estimate of drug-likeness (QED) is 0.859. The minimum atomic E-state index is -0.624. The summed E-state index contributed by atoms with van der Waals surface area (Å²) in [4.78, 5) is 15.1. The number of hydrogen-bond acceptors (Lipinski definition) is 3. The molecule has 1 aliphatic rings. The van der Waals surface area contributed by atoms with Crippen LogP contribution in [0, 0.1) is 0 Å². The number of carbonyl (C=O) groups excluding carboxylic acids is 1. The minimum absolute atomic E-state index is 0.173. The van der Waals surface area contributed by atoms with Gasteiger partial charge in [-0.25, -0.2) is 0 Å². The van der Waals surface area contributed by atoms with Crippen molar-refractivity contribution < 1.29 is 9.90 Å². The molecule has 1 fully saturated rings. The maximum atomic E-state index is 12.2. The molecule has 0 radical (unpaired) electrons. The van der Waals surface area contributed by atoms with Crippen molar-refractivity contribution in [2.24, 2.45) is 0 Å². The summed E-state index contributed by atoms with van der Waals surface area (Å²) in [5.74, 6) is 0.905. The van der Waals surface area contributed by atoms with E-state index >= 15 is 0 Å². The molecule has 1 heterocycles. The van der Waals surface area contributed by atoms with Crippen LogP contribution in [0.3, 0.4) is 0 Å². The Bertz CT molecular complexity index is 493. The van der Waals surface area contributed by atoms with Crippen LogP contribution in [0.4, 0.5) is 0 Å². The van der Waals surface area contributed by atoms with E-state index in [-0.39, 0.29) is 5.91 Å². The van der Waals surface area contributed by atoms with Crippen LogP contribution in [-0.4, -0.2) is 40.4 Å². The van der Waals surface area contributed by atoms with Gasteiger partial charge in [0.05, 0.1) is 10.6 Å². The van der Waals surface area contributed by atoms with Gasteiger partial charge in [-0.05, 0) is 38.3 Å². The molecule has 1 saturated heterocycles. The summed E-state index contributed by atoms with van der Waals surface area (Å²) < 4.78 is 0. The third-order valence-electron chi connectivity index (χ3n) is 3.83. The Balaban J connectivity index is 1.78. The smallest absolute Gasteiger partial charge is 0.223 e. The topological polar surface area (TPSA) is 40.5 Å². The summed E-state index contributed by atoms with van der Waals surface area (Å²) in [5, 5.41) is 10.8. The highest BCUT2D eigenvalue weighted by atomic mass is 35.5. The normalized spacial score (nSPS) is 22.9. The van der Waals surface area contributed by atoms with Crippen molar-refractivity contribution in [2.45, 2.75) is 43.1 Å². The van der Waals surface area contributed by atoms with E-state index in [0.717, 1.165) is 35.1 Å². The molecule has 1 aliphatic heterocycles. The zero-order valence-corrected chi connectivity index (χ0v) is 13.9. The molecule has 1 amide bonds. The van der Waals surface area contributed by atoms with Crippen LogP contribution in [0.15, 0.2) is 29.2 Å². The van der Waals surface area contributed by atoms with Gasteiger partial charge in [-0.3, -0.25) is 4.79 Å². The van der Waals surface area contributed by atoms with Gasteiger partial charge >= 0.3 is 0 Å². The molecule has 1 aromatic carbocycles. The summed E-state index contributed by atoms with van der Waals surface area (Å²) in [5.41, 5.74) is -0.624. The van der Waals surface area contributed by atoms with Gasteiger partial charge in [0.25, 0.3) is 0 Å². The molecular weight excluding hydrogens is 306 g/mol. The van der Waals surface area contributed by atoms with Crippen molar-refractivity contribution in [1.82, 2.24) is 4.90 Å². The lowest BCUT2D eigenvalue weighted by Crippen LogP contribution is -2.33. The molecule has 21 heavy (non-hydrogen) atoms. The number of hydrogen-bond donors (Lipinski definition) is 1. The van der Waals surface area contributed by atoms with E-state index in [1.807, 2.05) is 36.1 Å². The number of carbonyl (C=O) groups is 1. The first-order chi connectivity index (χ1) is 9.98. The Morgan fingerprint density at radius 3 is 2.90 bits per heavy atom. The number of thioether (sulfide) groups is 1. The predicted molar refractivity (Wildman–Crippen MR) is 87.8 cm³/mol. The van der Waals surface area contributed by atoms with Crippen LogP contribution in [0.5, 0.6) is 0 Å². The molecule has 0 aromatic heterocycles. The van der Waals surface area contributed by atoms with Crippen LogP contribution < -0.4 is 0 Å². The molecule has 1 atom stereocenters. The van der Waals surface area contributed by atoms with E-state index < -0.39 is 5.60 Å². The van der Waals surface area contributed by atoms with E-state index in [2.05, 4.69) is 0 Å². The van der Waals surface area contributed by atoms with E-state index in [9.17, 15) is 9.90 Å². The van der Waals surface area contributed by atoms with E-state index in [1.165, 1.54) is 0 Å². The van der Waals surface area contributed by atoms with Crippen LogP contribution in [0.2, 0.25) is 5.02 Å². The number of aliphatic hydroxyl groups is 1. The Hall–Kier alpha value is -0.710. The lowest BCUT2D eigenvalue weighted by Gasteiger charge is -2.22. The summed E-state index contributed by atoms with van der Waals surface area (Å²) in [6.45, 7) is 3.27. The molecule has 0 aliphatic carbocycles. The van der Waals surface area contributed by atoms with Gasteiger partial charge in [0.2, 0.25) is 5.91 Å². The van der Waals surface area contributed by atoms with E-state index in [4.69, 9.17) is 11.6 Å². The average molecular weight is 328 g/mol. The fraction of sp³-hybridized carbons (Fsp3) is 0.562. The Kier molecular flexibility index (Phi) is 5.97. The number of likely N-dealkylation sites (tertiary alicyclic amines) is 1. The van der Waals surface area contributed by atoms with Crippen LogP contribution in [-0.2, 0) is 4.79 Å². The summed E-state index contributed by atoms with van der Waals surface area (Å²) in [7, 11) is 0. The summed E-state index contributed by atoms with van der Waals surface area (Å²) in [6.07, 6.45) is 2.82. The molecule has 1 aromatic rings. The summed E-state index contributed by atoms with van der Waals surface area (Å²) >= 11 is 7.71. The first-order valence-electron chi connectivity index (χ1n) is 7.35. The highest BCUT2D eigenvalue weighted by Gasteiger charge is 2.26. The molecular formula is C16H22ClNO2S. The van der Waals surface area contributed by atoms with Crippen molar-refractivity contribution in [3.8, 4) is 0 Å². The van der Waals surface area contributed by atoms with Crippen LogP contribution in [0.1, 0.15) is 32.6 Å². The SMILES string of the molecule is CC1(O)CCCN(C(=O)CCSc2ccccc2Cl)CC1. The molecule has 2 rings (SSSR count). The van der Waals surface area contributed by atoms with Crippen LogP contribution >= 0.6 is 23.4 Å². The Morgan fingerprint density at radius 1 is 1.38 bits per heavy atom. The second-order valence-electron chi connectivity index (χ2n) is 5.76. The molecule has 0 saturated carbocycles. The monoisotopic (exact) mass is 327 g/mol. The lowest BCUT2D eigenvalue weighted by atomic mass is 9.98. The lowest BCUT2D eigenvalue weighted by molar-refractivity contribution is -0.130. The van der Waals surface area contributed by atoms with Gasteiger partial charge < -0.3 is 10.0 Å². The van der Waals surface area contributed by atoms with E-state index in [1.54, 1.807) is 11.8 Å². The zero-order valence-electron chi connectivity index (χ0n) is 12.3. The first kappa shape index (κ1) is 16.7. The van der Waals surface area contributed by atoms with Crippen molar-refractivity contribution in [3.05, 3.63) is 29.3 Å². The van der Waals surface area contributed by atoms with Crippen LogP contribution in [0.25, 0.3) is 0 Å². The highest BCUT2D eigenvalue weighted by Crippen LogP contribution is 2.27. The third-order valence-corrected chi connectivity index (χ3v) is 5.34. The van der Waals surface area contributed by atoms with Gasteiger partial charge in [-0.1, -0.05) is 23.7 Å². The Morgan fingerprint density at radius 2 is 2.14 bits per heavy atom. The Labute approximate surface area is 135 Å². The number of benzene rings is 1. The minimum Gasteiger partial charge on any atom is -0.390 e. The first-order valence-corrected chi connectivity index (χ1v) is 8.72. The second-order valence-corrected chi connectivity index (χ2v) is 7.30. The van der Waals surface area contributed by atoms with Gasteiger partial charge in [0.15, 0.2) is 0 Å². The zero-order chi connectivity index (χ0) is 15.3. The molecule has 116 valence electrons. The molecule has 1 unspecified atom stereocenters. The van der Waals surface area contributed by atoms with Gasteiger partial charge in [0.1, 0.15) is 0 Å². The molecule has 5 heteroatoms. The van der Waals surface area contributed by atoms with Gasteiger partial charge in [0, 0.05) is 30.2 Å². The summed E-state index contributed by atoms with van der Waals surface area (Å²) in [6, 6.07) is 7.69. The predicted octanol–water partition coefficient (Wildman–Crippen LogP) is 3.59. The number of halogens is 1. The number of rotatable bonds is 4. The molecule has 0 bridgehead atoms. The van der Waals surface area contributed by atoms with Crippen molar-refractivity contribution in [1.29, 1.82) is 0 Å².